The van der Waals surface area contributed by atoms with E-state index in [0.717, 1.165) is 42.8 Å². The third-order valence-corrected chi connectivity index (χ3v) is 6.20. The molecular weight excluding hydrogens is 394 g/mol. The summed E-state index contributed by atoms with van der Waals surface area (Å²) in [6.45, 7) is 3.42. The molecule has 1 aromatic carbocycles. The van der Waals surface area contributed by atoms with E-state index in [0.29, 0.717) is 0 Å². The summed E-state index contributed by atoms with van der Waals surface area (Å²) in [4.78, 5) is 9.19. The van der Waals surface area contributed by atoms with Crippen LogP contribution in [-0.4, -0.2) is 41.0 Å². The number of benzene rings is 1. The summed E-state index contributed by atoms with van der Waals surface area (Å²) in [6, 6.07) is 18.9. The van der Waals surface area contributed by atoms with Crippen molar-refractivity contribution in [3.05, 3.63) is 78.4 Å². The topological polar surface area (TPSA) is 45.6 Å². The molecular formula is C23H25N5OS. The molecule has 2 aromatic heterocycles. The summed E-state index contributed by atoms with van der Waals surface area (Å²) >= 11 is 5.80. The van der Waals surface area contributed by atoms with Crippen molar-refractivity contribution in [3.8, 4) is 0 Å². The molecule has 0 unspecified atom stereocenters. The number of anilines is 2. The van der Waals surface area contributed by atoms with Gasteiger partial charge < -0.3 is 24.4 Å². The highest BCUT2D eigenvalue weighted by atomic mass is 32.1. The minimum Gasteiger partial charge on any atom is -0.378 e. The van der Waals surface area contributed by atoms with Crippen molar-refractivity contribution in [1.29, 1.82) is 0 Å². The maximum atomic E-state index is 5.80. The van der Waals surface area contributed by atoms with Crippen LogP contribution in [0.2, 0.25) is 0 Å². The van der Waals surface area contributed by atoms with Gasteiger partial charge in [0.15, 0.2) is 5.11 Å². The van der Waals surface area contributed by atoms with Crippen molar-refractivity contribution in [2.45, 2.75) is 12.1 Å². The first-order valence-corrected chi connectivity index (χ1v) is 10.7. The smallest absolute Gasteiger partial charge is 0.174 e. The van der Waals surface area contributed by atoms with Gasteiger partial charge in [0.1, 0.15) is 6.04 Å². The Kier molecular flexibility index (Phi) is 5.14. The molecule has 4 heterocycles. The Morgan fingerprint density at radius 1 is 1.00 bits per heavy atom. The number of thiocarbonyl (C=S) groups is 1. The van der Waals surface area contributed by atoms with E-state index in [4.69, 9.17) is 17.0 Å². The Morgan fingerprint density at radius 3 is 2.43 bits per heavy atom. The molecule has 154 valence electrons. The summed E-state index contributed by atoms with van der Waals surface area (Å²) in [7, 11) is 2.08. The zero-order valence-electron chi connectivity index (χ0n) is 16.9. The first-order valence-electron chi connectivity index (χ1n) is 10.3. The molecule has 2 aliphatic heterocycles. The molecule has 0 saturated carbocycles. The van der Waals surface area contributed by atoms with E-state index in [-0.39, 0.29) is 12.1 Å². The number of pyridine rings is 1. The van der Waals surface area contributed by atoms with Gasteiger partial charge in [0.25, 0.3) is 0 Å². The maximum Gasteiger partial charge on any atom is 0.174 e. The third-order valence-electron chi connectivity index (χ3n) is 5.89. The van der Waals surface area contributed by atoms with Gasteiger partial charge in [-0.25, -0.2) is 0 Å². The minimum absolute atomic E-state index is 0.0154. The second-order valence-electron chi connectivity index (χ2n) is 7.66. The van der Waals surface area contributed by atoms with Crippen molar-refractivity contribution >= 4 is 28.7 Å². The van der Waals surface area contributed by atoms with Crippen molar-refractivity contribution < 1.29 is 4.74 Å². The van der Waals surface area contributed by atoms with Crippen molar-refractivity contribution in [2.24, 2.45) is 7.05 Å². The van der Waals surface area contributed by atoms with Crippen molar-refractivity contribution in [3.63, 3.8) is 0 Å². The number of aryl methyl sites for hydroxylation is 1. The van der Waals surface area contributed by atoms with Gasteiger partial charge in [-0.05, 0) is 60.7 Å². The van der Waals surface area contributed by atoms with Gasteiger partial charge in [-0.3, -0.25) is 4.98 Å². The fraction of sp³-hybridized carbons (Fsp3) is 0.304. The van der Waals surface area contributed by atoms with Crippen LogP contribution in [0.15, 0.2) is 67.0 Å². The van der Waals surface area contributed by atoms with Crippen LogP contribution in [0.4, 0.5) is 11.4 Å². The normalized spacial score (nSPS) is 21.7. The van der Waals surface area contributed by atoms with E-state index in [9.17, 15) is 0 Å². The van der Waals surface area contributed by atoms with Gasteiger partial charge >= 0.3 is 0 Å². The molecule has 1 N–H and O–H groups in total. The summed E-state index contributed by atoms with van der Waals surface area (Å²) < 4.78 is 7.64. The molecule has 7 heteroatoms. The Morgan fingerprint density at radius 2 is 1.77 bits per heavy atom. The highest BCUT2D eigenvalue weighted by Gasteiger charge is 2.41. The van der Waals surface area contributed by atoms with E-state index in [1.165, 1.54) is 11.4 Å². The zero-order valence-corrected chi connectivity index (χ0v) is 17.8. The lowest BCUT2D eigenvalue weighted by molar-refractivity contribution is 0.122. The number of nitrogens with one attached hydrogen (secondary N) is 1. The first-order chi connectivity index (χ1) is 14.7. The van der Waals surface area contributed by atoms with E-state index in [2.05, 4.69) is 80.4 Å². The van der Waals surface area contributed by atoms with Crippen molar-refractivity contribution in [1.82, 2.24) is 14.9 Å². The van der Waals surface area contributed by atoms with E-state index < -0.39 is 0 Å². The van der Waals surface area contributed by atoms with Gasteiger partial charge in [-0.15, -0.1) is 0 Å². The highest BCUT2D eigenvalue weighted by Crippen LogP contribution is 2.41. The van der Waals surface area contributed by atoms with E-state index >= 15 is 0 Å². The van der Waals surface area contributed by atoms with Crippen LogP contribution in [0.25, 0.3) is 0 Å². The van der Waals surface area contributed by atoms with Gasteiger partial charge in [-0.2, -0.15) is 0 Å². The Labute approximate surface area is 182 Å². The van der Waals surface area contributed by atoms with Crippen LogP contribution < -0.4 is 15.1 Å². The van der Waals surface area contributed by atoms with E-state index in [1.807, 2.05) is 18.3 Å². The number of nitrogens with zero attached hydrogens (tertiary/aromatic N) is 4. The highest BCUT2D eigenvalue weighted by molar-refractivity contribution is 7.80. The molecule has 2 fully saturated rings. The molecule has 30 heavy (non-hydrogen) atoms. The lowest BCUT2D eigenvalue weighted by Crippen LogP contribution is -2.36. The zero-order chi connectivity index (χ0) is 20.5. The summed E-state index contributed by atoms with van der Waals surface area (Å²) in [6.07, 6.45) is 3.91. The number of aromatic nitrogens is 2. The number of morpholine rings is 1. The standard InChI is InChI=1S/C23H25N5OS/c1-26-12-4-6-20(26)22-21(19-5-2-3-11-24-19)25-23(30)28(22)18-9-7-17(8-10-18)27-13-15-29-16-14-27/h2-12,21-22H,13-16H2,1H3,(H,25,30)/t21-,22-/m1/s1. The molecule has 0 amide bonds. The minimum atomic E-state index is -0.0220. The van der Waals surface area contributed by atoms with Crippen LogP contribution in [0, 0.1) is 0 Å². The molecule has 3 aromatic rings. The van der Waals surface area contributed by atoms with Crippen LogP contribution in [0.5, 0.6) is 0 Å². The number of ether oxygens (including phenoxy) is 1. The predicted octanol–water partition coefficient (Wildman–Crippen LogP) is 3.43. The van der Waals surface area contributed by atoms with Crippen LogP contribution in [0.1, 0.15) is 23.5 Å². The number of hydrogen-bond acceptors (Lipinski definition) is 4. The third kappa shape index (κ3) is 3.44. The lowest BCUT2D eigenvalue weighted by Gasteiger charge is -2.31. The summed E-state index contributed by atoms with van der Waals surface area (Å²) in [5, 5.41) is 4.24. The Hall–Kier alpha value is -2.90. The van der Waals surface area contributed by atoms with Crippen LogP contribution in [-0.2, 0) is 11.8 Å². The van der Waals surface area contributed by atoms with E-state index in [1.54, 1.807) is 0 Å². The maximum absolute atomic E-state index is 5.80. The number of hydrogen-bond donors (Lipinski definition) is 1. The van der Waals surface area contributed by atoms with Crippen LogP contribution >= 0.6 is 12.2 Å². The number of rotatable bonds is 4. The van der Waals surface area contributed by atoms with Crippen molar-refractivity contribution in [2.75, 3.05) is 36.1 Å². The summed E-state index contributed by atoms with van der Waals surface area (Å²) in [5.41, 5.74) is 4.47. The average Bonchev–Trinajstić information content (AvgIpc) is 3.37. The Balaban J connectivity index is 1.51. The van der Waals surface area contributed by atoms with Gasteiger partial charge in [-0.1, -0.05) is 6.07 Å². The monoisotopic (exact) mass is 419 g/mol. The molecule has 2 saturated heterocycles. The first kappa shape index (κ1) is 19.1. The molecule has 5 rings (SSSR count). The second kappa shape index (κ2) is 8.08. The van der Waals surface area contributed by atoms with Gasteiger partial charge in [0, 0.05) is 49.6 Å². The Bertz CT molecular complexity index is 1010. The average molecular weight is 420 g/mol. The molecule has 6 nitrogen and oxygen atoms in total. The summed E-state index contributed by atoms with van der Waals surface area (Å²) in [5.74, 6) is 0. The largest absolute Gasteiger partial charge is 0.378 e. The second-order valence-corrected chi connectivity index (χ2v) is 8.04. The molecule has 0 aliphatic carbocycles. The molecule has 2 aliphatic rings. The lowest BCUT2D eigenvalue weighted by atomic mass is 10.0. The quantitative estimate of drug-likeness (QED) is 0.654. The van der Waals surface area contributed by atoms with Gasteiger partial charge in [0.2, 0.25) is 0 Å². The van der Waals surface area contributed by atoms with Crippen LogP contribution in [0.3, 0.4) is 0 Å². The fourth-order valence-corrected chi connectivity index (χ4v) is 4.71. The fourth-order valence-electron chi connectivity index (χ4n) is 4.36. The molecule has 2 atom stereocenters. The molecule has 0 bridgehead atoms. The predicted molar refractivity (Wildman–Crippen MR) is 123 cm³/mol. The molecule has 0 spiro atoms. The van der Waals surface area contributed by atoms with Gasteiger partial charge in [0.05, 0.1) is 24.9 Å². The molecule has 0 radical (unpaired) electrons. The SMILES string of the molecule is Cn1cccc1[C@@H]1[C@@H](c2ccccn2)NC(=S)N1c1ccc(N2CCOCC2)cc1.